The van der Waals surface area contributed by atoms with Crippen molar-refractivity contribution >= 4 is 5.69 Å². The van der Waals surface area contributed by atoms with Gasteiger partial charge in [-0.2, -0.15) is 24.3 Å². The van der Waals surface area contributed by atoms with Crippen molar-refractivity contribution < 1.29 is 0 Å². The second-order valence-electron chi connectivity index (χ2n) is 3.12. The van der Waals surface area contributed by atoms with Gasteiger partial charge in [0, 0.05) is 6.54 Å². The van der Waals surface area contributed by atoms with Crippen LogP contribution < -0.4 is 15.2 Å². The third kappa shape index (κ3) is 2.56. The number of allylic oxidation sites excluding steroid dienone is 1. The Morgan fingerprint density at radius 3 is 2.53 bits per heavy atom. The molecule has 1 N–H and O–H groups in total. The Hall–Kier alpha value is -1.83. The second kappa shape index (κ2) is 5.15. The van der Waals surface area contributed by atoms with Crippen molar-refractivity contribution in [3.05, 3.63) is 61.1 Å². The van der Waals surface area contributed by atoms with E-state index in [4.69, 9.17) is 0 Å². The summed E-state index contributed by atoms with van der Waals surface area (Å²) in [5.41, 5.74) is 1.97. The summed E-state index contributed by atoms with van der Waals surface area (Å²) in [4.78, 5) is 0. The van der Waals surface area contributed by atoms with Gasteiger partial charge in [-0.15, -0.1) is 6.58 Å². The van der Waals surface area contributed by atoms with Crippen LogP contribution in [0.25, 0.3) is 0 Å². The van der Waals surface area contributed by atoms with E-state index in [1.165, 1.54) is 0 Å². The quantitative estimate of drug-likeness (QED) is 0.448. The minimum Gasteiger partial charge on any atom is -0.439 e. The normalized spacial score (nSPS) is 9.20. The topological polar surface area (TPSA) is 15.0 Å². The fourth-order valence-electron chi connectivity index (χ4n) is 1.37. The highest BCUT2D eigenvalue weighted by molar-refractivity contribution is 5.41. The zero-order chi connectivity index (χ0) is 11.3. The average Bonchev–Trinajstić information content (AvgIpc) is 2.30. The highest BCUT2D eigenvalue weighted by Gasteiger charge is 1.92. The summed E-state index contributed by atoms with van der Waals surface area (Å²) < 4.78 is 1.99. The highest BCUT2D eigenvalue weighted by atomic mass is 15.0. The highest BCUT2D eigenvalue weighted by Crippen LogP contribution is 2.00. The van der Waals surface area contributed by atoms with Crippen LogP contribution in [0.1, 0.15) is 6.92 Å². The van der Waals surface area contributed by atoms with Crippen LogP contribution in [-0.2, 0) is 0 Å². The molecule has 0 aliphatic rings. The molecule has 0 radical (unpaired) electrons. The van der Waals surface area contributed by atoms with E-state index in [9.17, 15) is 0 Å². The molecule has 15 heavy (non-hydrogen) atoms. The zero-order valence-corrected chi connectivity index (χ0v) is 9.33. The summed E-state index contributed by atoms with van der Waals surface area (Å²) in [6, 6.07) is 8.14. The van der Waals surface area contributed by atoms with Gasteiger partial charge in [-0.3, -0.25) is 0 Å². The van der Waals surface area contributed by atoms with Gasteiger partial charge in [-0.1, -0.05) is 18.3 Å². The molecule has 0 unspecified atom stereocenters. The first-order valence-electron chi connectivity index (χ1n) is 4.90. The summed E-state index contributed by atoms with van der Waals surface area (Å²) in [6.07, 6.45) is 1.74. The molecule has 0 aliphatic carbocycles. The number of anilines is 1. The Kier molecular flexibility index (Phi) is 3.86. The predicted octanol–water partition coefficient (Wildman–Crippen LogP) is 2.10. The number of benzene rings is 1. The van der Waals surface area contributed by atoms with Crippen molar-refractivity contribution in [2.24, 2.45) is 0 Å². The molecule has 0 atom stereocenters. The van der Waals surface area contributed by atoms with E-state index < -0.39 is 0 Å². The molecule has 2 nitrogen and oxygen atoms in total. The molecule has 0 heterocycles. The molecular weight excluding hydrogens is 184 g/mol. The van der Waals surface area contributed by atoms with Gasteiger partial charge in [0.05, 0.1) is 5.70 Å². The Bertz CT molecular complexity index is 404. The zero-order valence-electron chi connectivity index (χ0n) is 9.33. The van der Waals surface area contributed by atoms with Gasteiger partial charge in [-0.25, -0.2) is 0 Å². The van der Waals surface area contributed by atoms with E-state index in [1.807, 2.05) is 49.4 Å². The molecule has 0 spiro atoms. The van der Waals surface area contributed by atoms with Crippen molar-refractivity contribution in [3.8, 4) is 0 Å². The average molecular weight is 201 g/mol. The van der Waals surface area contributed by atoms with Gasteiger partial charge in [0.2, 0.25) is 0 Å². The van der Waals surface area contributed by atoms with E-state index in [0.717, 1.165) is 16.7 Å². The van der Waals surface area contributed by atoms with E-state index in [-0.39, 0.29) is 0 Å². The van der Waals surface area contributed by atoms with Gasteiger partial charge in [-0.05, 0) is 19.3 Å². The molecule has 0 amide bonds. The monoisotopic (exact) mass is 201 g/mol. The van der Waals surface area contributed by atoms with Crippen LogP contribution in [0.2, 0.25) is 0 Å². The van der Waals surface area contributed by atoms with Gasteiger partial charge in [0.1, 0.15) is 0 Å². The lowest BCUT2D eigenvalue weighted by Crippen LogP contribution is -2.24. The number of rotatable bonds is 4. The van der Waals surface area contributed by atoms with Crippen molar-refractivity contribution in [3.63, 3.8) is 0 Å². The summed E-state index contributed by atoms with van der Waals surface area (Å²) >= 11 is 0. The molecule has 0 aromatic heterocycles. The predicted molar refractivity (Wildman–Crippen MR) is 66.2 cm³/mol. The number of hydrogen-bond acceptors (Lipinski definition) is 1. The fourth-order valence-corrected chi connectivity index (χ4v) is 1.37. The Balaban J connectivity index is 3.24. The van der Waals surface area contributed by atoms with Crippen LogP contribution in [0, 0.1) is 6.54 Å². The van der Waals surface area contributed by atoms with E-state index in [1.54, 1.807) is 6.08 Å². The van der Waals surface area contributed by atoms with E-state index >= 15 is 0 Å². The SMILES string of the molecule is C=CC(=C)[N+]([CH-]C)=c1cc[c-](NC)cc1. The standard InChI is InChI=1S/C13H17N2/c1-5-11(3)15(6-2)13-9-7-12(14-4)8-10-13/h5-10,14H,1,3H2,2,4H3/q-1. The second-order valence-corrected chi connectivity index (χ2v) is 3.12. The van der Waals surface area contributed by atoms with Crippen molar-refractivity contribution in [2.45, 2.75) is 6.92 Å². The maximum atomic E-state index is 3.92. The van der Waals surface area contributed by atoms with Crippen LogP contribution in [0.15, 0.2) is 49.2 Å². The maximum absolute atomic E-state index is 3.92. The summed E-state index contributed by atoms with van der Waals surface area (Å²) in [6.45, 7) is 11.6. The number of nitrogens with one attached hydrogen (secondary N) is 1. The first kappa shape index (κ1) is 11.2. The lowest BCUT2D eigenvalue weighted by molar-refractivity contribution is 0.821. The maximum Gasteiger partial charge on any atom is 0.0956 e. The minimum atomic E-state index is 0.870. The third-order valence-corrected chi connectivity index (χ3v) is 2.24. The lowest BCUT2D eigenvalue weighted by atomic mass is 10.3. The molecule has 0 saturated carbocycles. The summed E-state index contributed by atoms with van der Waals surface area (Å²) in [5.74, 6) is 0. The molecule has 80 valence electrons. The molecule has 0 saturated heterocycles. The first-order valence-corrected chi connectivity index (χ1v) is 4.90. The Labute approximate surface area is 91.3 Å². The first-order chi connectivity index (χ1) is 7.22. The molecule has 2 heteroatoms. The van der Waals surface area contributed by atoms with Crippen LogP contribution >= 0.6 is 0 Å². The smallest absolute Gasteiger partial charge is 0.0956 e. The Morgan fingerprint density at radius 1 is 1.53 bits per heavy atom. The van der Waals surface area contributed by atoms with Crippen LogP contribution in [-0.4, -0.2) is 7.05 Å². The van der Waals surface area contributed by atoms with E-state index in [2.05, 4.69) is 18.5 Å². The minimum absolute atomic E-state index is 0.870. The van der Waals surface area contributed by atoms with Crippen LogP contribution in [0.5, 0.6) is 0 Å². The fraction of sp³-hybridized carbons (Fsp3) is 0.154. The number of hydrogen-bond donors (Lipinski definition) is 1. The molecule has 0 bridgehead atoms. The van der Waals surface area contributed by atoms with Crippen molar-refractivity contribution in [1.82, 2.24) is 4.58 Å². The molecule has 1 aromatic carbocycles. The third-order valence-electron chi connectivity index (χ3n) is 2.24. The van der Waals surface area contributed by atoms with E-state index in [0.29, 0.717) is 0 Å². The molecular formula is C13H17N2-. The van der Waals surface area contributed by atoms with Gasteiger partial charge >= 0.3 is 0 Å². The molecule has 0 fully saturated rings. The number of nitrogens with zero attached hydrogens (tertiary/aromatic N) is 1. The Morgan fingerprint density at radius 2 is 2.13 bits per heavy atom. The largest absolute Gasteiger partial charge is 0.439 e. The van der Waals surface area contributed by atoms with Gasteiger partial charge in [0.25, 0.3) is 0 Å². The molecule has 1 aromatic rings. The van der Waals surface area contributed by atoms with Crippen LogP contribution in [0.3, 0.4) is 0 Å². The van der Waals surface area contributed by atoms with Gasteiger partial charge < -0.3 is 9.89 Å². The van der Waals surface area contributed by atoms with Gasteiger partial charge in [0.15, 0.2) is 0 Å². The van der Waals surface area contributed by atoms with Crippen LogP contribution in [0.4, 0.5) is 5.69 Å². The van der Waals surface area contributed by atoms with Crippen molar-refractivity contribution in [1.29, 1.82) is 0 Å². The summed E-state index contributed by atoms with van der Waals surface area (Å²) in [5, 5.41) is 4.17. The molecule has 1 rings (SSSR count). The summed E-state index contributed by atoms with van der Waals surface area (Å²) in [7, 11) is 1.90. The lowest BCUT2D eigenvalue weighted by Gasteiger charge is -2.12. The molecule has 0 aliphatic heterocycles. The van der Waals surface area contributed by atoms with Crippen molar-refractivity contribution in [2.75, 3.05) is 12.4 Å².